The van der Waals surface area contributed by atoms with Crippen LogP contribution in [0.3, 0.4) is 0 Å². The van der Waals surface area contributed by atoms with Crippen LogP contribution in [-0.2, 0) is 0 Å². The minimum Gasteiger partial charge on any atom is -0.354 e. The summed E-state index contributed by atoms with van der Waals surface area (Å²) >= 11 is 0. The molecule has 0 aliphatic carbocycles. The summed E-state index contributed by atoms with van der Waals surface area (Å²) in [4.78, 5) is 2.19. The molecule has 1 aliphatic rings. The van der Waals surface area contributed by atoms with Crippen LogP contribution in [0.1, 0.15) is 0 Å². The van der Waals surface area contributed by atoms with Crippen molar-refractivity contribution in [3.63, 3.8) is 0 Å². The SMILES string of the molecule is NCC1CN(c2cccnn2)C1. The van der Waals surface area contributed by atoms with Gasteiger partial charge in [0.1, 0.15) is 0 Å². The fraction of sp³-hybridized carbons (Fsp3) is 0.500. The summed E-state index contributed by atoms with van der Waals surface area (Å²) < 4.78 is 0. The maximum Gasteiger partial charge on any atom is 0.151 e. The van der Waals surface area contributed by atoms with Gasteiger partial charge in [0.05, 0.1) is 0 Å². The van der Waals surface area contributed by atoms with Gasteiger partial charge >= 0.3 is 0 Å². The number of nitrogens with two attached hydrogens (primary N) is 1. The zero-order valence-corrected chi connectivity index (χ0v) is 6.85. The van der Waals surface area contributed by atoms with Crippen molar-refractivity contribution in [1.82, 2.24) is 10.2 Å². The van der Waals surface area contributed by atoms with Crippen LogP contribution in [-0.4, -0.2) is 29.8 Å². The van der Waals surface area contributed by atoms with Crippen molar-refractivity contribution >= 4 is 5.82 Å². The molecule has 0 aromatic carbocycles. The summed E-state index contributed by atoms with van der Waals surface area (Å²) in [6.07, 6.45) is 1.68. The van der Waals surface area contributed by atoms with Gasteiger partial charge in [-0.3, -0.25) is 0 Å². The highest BCUT2D eigenvalue weighted by molar-refractivity contribution is 5.39. The van der Waals surface area contributed by atoms with Crippen molar-refractivity contribution in [2.75, 3.05) is 24.5 Å². The zero-order chi connectivity index (χ0) is 8.39. The lowest BCUT2D eigenvalue weighted by Gasteiger charge is -2.39. The average Bonchev–Trinajstić information content (AvgIpc) is 2.04. The fourth-order valence-corrected chi connectivity index (χ4v) is 1.37. The second-order valence-electron chi connectivity index (χ2n) is 3.09. The first-order valence-corrected chi connectivity index (χ1v) is 4.13. The maximum absolute atomic E-state index is 5.51. The van der Waals surface area contributed by atoms with E-state index in [0.29, 0.717) is 5.92 Å². The highest BCUT2D eigenvalue weighted by Crippen LogP contribution is 2.20. The third-order valence-electron chi connectivity index (χ3n) is 2.17. The quantitative estimate of drug-likeness (QED) is 0.661. The summed E-state index contributed by atoms with van der Waals surface area (Å²) in [5, 5.41) is 7.82. The molecule has 4 nitrogen and oxygen atoms in total. The van der Waals surface area contributed by atoms with Crippen LogP contribution in [0.25, 0.3) is 0 Å². The summed E-state index contributed by atoms with van der Waals surface area (Å²) in [6.45, 7) is 2.82. The number of anilines is 1. The Morgan fingerprint density at radius 2 is 2.42 bits per heavy atom. The molecule has 0 saturated carbocycles. The van der Waals surface area contributed by atoms with Gasteiger partial charge in [-0.05, 0) is 18.7 Å². The van der Waals surface area contributed by atoms with E-state index in [2.05, 4.69) is 15.1 Å². The molecular weight excluding hydrogens is 152 g/mol. The highest BCUT2D eigenvalue weighted by Gasteiger charge is 2.26. The molecule has 1 aliphatic heterocycles. The minimum absolute atomic E-state index is 0.645. The molecule has 1 fully saturated rings. The van der Waals surface area contributed by atoms with E-state index in [0.717, 1.165) is 25.5 Å². The van der Waals surface area contributed by atoms with Gasteiger partial charge in [-0.25, -0.2) is 0 Å². The standard InChI is InChI=1S/C8H12N4/c9-4-7-5-12(6-7)8-2-1-3-10-11-8/h1-3,7H,4-6,9H2. The van der Waals surface area contributed by atoms with Crippen LogP contribution in [0, 0.1) is 5.92 Å². The van der Waals surface area contributed by atoms with Crippen molar-refractivity contribution in [2.45, 2.75) is 0 Å². The number of aromatic nitrogens is 2. The molecule has 0 amide bonds. The first-order chi connectivity index (χ1) is 5.90. The Morgan fingerprint density at radius 3 is 3.00 bits per heavy atom. The third-order valence-corrected chi connectivity index (χ3v) is 2.17. The van der Waals surface area contributed by atoms with E-state index >= 15 is 0 Å². The summed E-state index contributed by atoms with van der Waals surface area (Å²) in [5.41, 5.74) is 5.51. The van der Waals surface area contributed by atoms with E-state index in [1.807, 2.05) is 12.1 Å². The monoisotopic (exact) mass is 164 g/mol. The smallest absolute Gasteiger partial charge is 0.151 e. The Hall–Kier alpha value is -1.16. The highest BCUT2D eigenvalue weighted by atomic mass is 15.3. The lowest BCUT2D eigenvalue weighted by atomic mass is 10.0. The molecule has 2 heterocycles. The first kappa shape index (κ1) is 7.49. The van der Waals surface area contributed by atoms with E-state index in [1.165, 1.54) is 0 Å². The molecule has 2 rings (SSSR count). The molecule has 0 radical (unpaired) electrons. The summed E-state index contributed by atoms with van der Waals surface area (Å²) in [5.74, 6) is 1.61. The topological polar surface area (TPSA) is 55.0 Å². The van der Waals surface area contributed by atoms with Crippen LogP contribution in [0.15, 0.2) is 18.3 Å². The molecular formula is C8H12N4. The van der Waals surface area contributed by atoms with Gasteiger partial charge in [0, 0.05) is 25.2 Å². The van der Waals surface area contributed by atoms with Gasteiger partial charge < -0.3 is 10.6 Å². The van der Waals surface area contributed by atoms with Crippen molar-refractivity contribution < 1.29 is 0 Å². The Labute approximate surface area is 71.4 Å². The molecule has 4 heteroatoms. The Balaban J connectivity index is 1.97. The van der Waals surface area contributed by atoms with Crippen LogP contribution in [0.4, 0.5) is 5.82 Å². The Bertz CT molecular complexity index is 242. The van der Waals surface area contributed by atoms with Gasteiger partial charge in [0.25, 0.3) is 0 Å². The second kappa shape index (κ2) is 3.06. The third kappa shape index (κ3) is 1.25. The van der Waals surface area contributed by atoms with Crippen LogP contribution in [0.5, 0.6) is 0 Å². The summed E-state index contributed by atoms with van der Waals surface area (Å²) in [7, 11) is 0. The van der Waals surface area contributed by atoms with Gasteiger partial charge in [-0.1, -0.05) is 0 Å². The van der Waals surface area contributed by atoms with E-state index in [4.69, 9.17) is 5.73 Å². The summed E-state index contributed by atoms with van der Waals surface area (Å²) in [6, 6.07) is 3.87. The predicted molar refractivity (Wildman–Crippen MR) is 46.8 cm³/mol. The minimum atomic E-state index is 0.645. The lowest BCUT2D eigenvalue weighted by Crippen LogP contribution is -2.50. The van der Waals surface area contributed by atoms with Crippen molar-refractivity contribution in [3.8, 4) is 0 Å². The second-order valence-corrected chi connectivity index (χ2v) is 3.09. The van der Waals surface area contributed by atoms with E-state index < -0.39 is 0 Å². The van der Waals surface area contributed by atoms with Crippen LogP contribution in [0.2, 0.25) is 0 Å². The van der Waals surface area contributed by atoms with Crippen molar-refractivity contribution in [1.29, 1.82) is 0 Å². The van der Waals surface area contributed by atoms with E-state index in [1.54, 1.807) is 6.20 Å². The van der Waals surface area contributed by atoms with Gasteiger partial charge in [-0.2, -0.15) is 5.10 Å². The molecule has 1 aromatic rings. The van der Waals surface area contributed by atoms with Crippen LogP contribution >= 0.6 is 0 Å². The van der Waals surface area contributed by atoms with E-state index in [-0.39, 0.29) is 0 Å². The molecule has 0 spiro atoms. The number of hydrogen-bond acceptors (Lipinski definition) is 4. The predicted octanol–water partition coefficient (Wildman–Crippen LogP) is -0.129. The number of nitrogens with zero attached hydrogens (tertiary/aromatic N) is 3. The Kier molecular flexibility index (Phi) is 1.91. The first-order valence-electron chi connectivity index (χ1n) is 4.13. The number of hydrogen-bond donors (Lipinski definition) is 1. The molecule has 1 saturated heterocycles. The molecule has 2 N–H and O–H groups in total. The lowest BCUT2D eigenvalue weighted by molar-refractivity contribution is 0.416. The fourth-order valence-electron chi connectivity index (χ4n) is 1.37. The largest absolute Gasteiger partial charge is 0.354 e. The van der Waals surface area contributed by atoms with Gasteiger partial charge in [0.2, 0.25) is 0 Å². The normalized spacial score (nSPS) is 17.6. The van der Waals surface area contributed by atoms with E-state index in [9.17, 15) is 0 Å². The molecule has 0 bridgehead atoms. The maximum atomic E-state index is 5.51. The molecule has 64 valence electrons. The van der Waals surface area contributed by atoms with Gasteiger partial charge in [-0.15, -0.1) is 5.10 Å². The van der Waals surface area contributed by atoms with Crippen molar-refractivity contribution in [3.05, 3.63) is 18.3 Å². The van der Waals surface area contributed by atoms with Crippen LogP contribution < -0.4 is 10.6 Å². The Morgan fingerprint density at radius 1 is 1.58 bits per heavy atom. The molecule has 0 unspecified atom stereocenters. The van der Waals surface area contributed by atoms with Crippen molar-refractivity contribution in [2.24, 2.45) is 11.7 Å². The molecule has 0 atom stereocenters. The van der Waals surface area contributed by atoms with Gasteiger partial charge in [0.15, 0.2) is 5.82 Å². The zero-order valence-electron chi connectivity index (χ0n) is 6.85. The molecule has 12 heavy (non-hydrogen) atoms. The molecule has 1 aromatic heterocycles. The number of rotatable bonds is 2. The average molecular weight is 164 g/mol.